The number of nitrogens with one attached hydrogen (secondary N) is 1. The molecule has 0 aliphatic heterocycles. The lowest BCUT2D eigenvalue weighted by molar-refractivity contribution is 0.190. The topological polar surface area (TPSA) is 31.9 Å². The Labute approximate surface area is 128 Å². The Balaban J connectivity index is 1.95. The molecule has 0 radical (unpaired) electrons. The van der Waals surface area contributed by atoms with Crippen LogP contribution in [-0.4, -0.2) is 34.2 Å². The highest BCUT2D eigenvalue weighted by Gasteiger charge is 2.27. The Hall–Kier alpha value is -0.870. The zero-order valence-corrected chi connectivity index (χ0v) is 13.8. The molecule has 1 atom stereocenters. The third-order valence-electron chi connectivity index (χ3n) is 4.26. The summed E-state index contributed by atoms with van der Waals surface area (Å²) in [6.07, 6.45) is 4.67. The van der Waals surface area contributed by atoms with E-state index in [-0.39, 0.29) is 0 Å². The van der Waals surface area contributed by atoms with Crippen LogP contribution >= 0.6 is 15.9 Å². The summed E-state index contributed by atoms with van der Waals surface area (Å²) < 4.78 is 1.23. The lowest BCUT2D eigenvalue weighted by atomic mass is 9.90. The van der Waals surface area contributed by atoms with E-state index in [1.54, 1.807) is 0 Å². The molecule has 0 saturated heterocycles. The monoisotopic (exact) mass is 335 g/mol. The number of nitrogens with zero attached hydrogens (tertiary/aromatic N) is 2. The number of hydrogen-bond acceptors (Lipinski definition) is 2. The first-order valence-corrected chi connectivity index (χ1v) is 8.42. The molecule has 0 spiro atoms. The van der Waals surface area contributed by atoms with Crippen molar-refractivity contribution in [3.05, 3.63) is 27.9 Å². The Morgan fingerprint density at radius 3 is 2.70 bits per heavy atom. The molecule has 20 heavy (non-hydrogen) atoms. The summed E-state index contributed by atoms with van der Waals surface area (Å²) in [5, 5.41) is 9.06. The summed E-state index contributed by atoms with van der Waals surface area (Å²) in [5.41, 5.74) is 3.85. The Bertz CT molecular complexity index is 599. The van der Waals surface area contributed by atoms with E-state index in [0.29, 0.717) is 6.04 Å². The second kappa shape index (κ2) is 5.86. The van der Waals surface area contributed by atoms with Crippen LogP contribution < -0.4 is 0 Å². The van der Waals surface area contributed by atoms with E-state index in [2.05, 4.69) is 57.0 Å². The lowest BCUT2D eigenvalue weighted by Crippen LogP contribution is -2.41. The first-order valence-electron chi connectivity index (χ1n) is 7.63. The van der Waals surface area contributed by atoms with Crippen LogP contribution in [0.1, 0.15) is 37.9 Å². The highest BCUT2D eigenvalue weighted by Crippen LogP contribution is 2.34. The van der Waals surface area contributed by atoms with E-state index in [1.807, 2.05) is 0 Å². The van der Waals surface area contributed by atoms with Crippen LogP contribution in [-0.2, 0) is 12.8 Å². The molecule has 3 rings (SSSR count). The van der Waals surface area contributed by atoms with Gasteiger partial charge in [0, 0.05) is 28.0 Å². The maximum Gasteiger partial charge on any atom is 0.0927 e. The van der Waals surface area contributed by atoms with Crippen molar-refractivity contribution >= 4 is 26.8 Å². The third-order valence-corrected chi connectivity index (χ3v) is 5.01. The minimum Gasteiger partial charge on any atom is -0.300 e. The number of benzene rings is 1. The molecule has 3 nitrogen and oxygen atoms in total. The van der Waals surface area contributed by atoms with Gasteiger partial charge < -0.3 is 0 Å². The summed E-state index contributed by atoms with van der Waals surface area (Å²) in [6, 6.07) is 4.83. The molecule has 1 aliphatic carbocycles. The maximum absolute atomic E-state index is 4.45. The van der Waals surface area contributed by atoms with Gasteiger partial charge in [-0.25, -0.2) is 0 Å². The van der Waals surface area contributed by atoms with Gasteiger partial charge in [-0.05, 0) is 50.0 Å². The van der Waals surface area contributed by atoms with Gasteiger partial charge in [0.05, 0.1) is 5.52 Å². The van der Waals surface area contributed by atoms with E-state index >= 15 is 0 Å². The maximum atomic E-state index is 4.45. The van der Waals surface area contributed by atoms with Gasteiger partial charge in [-0.15, -0.1) is 0 Å². The normalized spacial score (nSPS) is 18.1. The predicted molar refractivity (Wildman–Crippen MR) is 87.1 cm³/mol. The van der Waals surface area contributed by atoms with Crippen LogP contribution in [0.4, 0.5) is 0 Å². The molecule has 1 heterocycles. The molecule has 0 fully saturated rings. The molecule has 0 saturated carbocycles. The third kappa shape index (κ3) is 2.40. The van der Waals surface area contributed by atoms with Gasteiger partial charge in [-0.2, -0.15) is 5.10 Å². The Morgan fingerprint density at radius 1 is 1.25 bits per heavy atom. The van der Waals surface area contributed by atoms with Gasteiger partial charge in [0.25, 0.3) is 0 Å². The smallest absolute Gasteiger partial charge is 0.0927 e. The second-order valence-electron chi connectivity index (χ2n) is 5.72. The average molecular weight is 336 g/mol. The van der Waals surface area contributed by atoms with Gasteiger partial charge in [0.1, 0.15) is 0 Å². The van der Waals surface area contributed by atoms with Gasteiger partial charge in [0.15, 0.2) is 0 Å². The van der Waals surface area contributed by atoms with Crippen LogP contribution in [0.25, 0.3) is 10.9 Å². The lowest BCUT2D eigenvalue weighted by Gasteiger charge is -2.34. The van der Waals surface area contributed by atoms with Crippen molar-refractivity contribution in [2.45, 2.75) is 45.6 Å². The van der Waals surface area contributed by atoms with E-state index < -0.39 is 0 Å². The summed E-state index contributed by atoms with van der Waals surface area (Å²) in [5.74, 6) is 0. The number of hydrogen-bond donors (Lipinski definition) is 1. The summed E-state index contributed by atoms with van der Waals surface area (Å²) in [4.78, 5) is 2.65. The van der Waals surface area contributed by atoms with Crippen LogP contribution in [0.2, 0.25) is 0 Å². The van der Waals surface area contributed by atoms with Crippen molar-refractivity contribution in [3.63, 3.8) is 0 Å². The van der Waals surface area contributed by atoms with Gasteiger partial charge in [0.2, 0.25) is 0 Å². The zero-order chi connectivity index (χ0) is 14.1. The SMILES string of the molecule is CCCN(CCC)C1Cc2[nH]nc3ccc(Br)c(c23)C1. The van der Waals surface area contributed by atoms with Gasteiger partial charge in [-0.3, -0.25) is 10.00 Å². The molecule has 1 aromatic carbocycles. The van der Waals surface area contributed by atoms with Crippen molar-refractivity contribution in [2.24, 2.45) is 0 Å². The number of aromatic nitrogens is 2. The minimum atomic E-state index is 0.602. The van der Waals surface area contributed by atoms with E-state index in [4.69, 9.17) is 0 Å². The molecule has 4 heteroatoms. The van der Waals surface area contributed by atoms with Crippen molar-refractivity contribution in [3.8, 4) is 0 Å². The summed E-state index contributed by atoms with van der Waals surface area (Å²) in [7, 11) is 0. The predicted octanol–water partition coefficient (Wildman–Crippen LogP) is 3.91. The molecule has 1 N–H and O–H groups in total. The largest absolute Gasteiger partial charge is 0.300 e. The zero-order valence-electron chi connectivity index (χ0n) is 12.2. The molecule has 0 amide bonds. The van der Waals surface area contributed by atoms with Crippen LogP contribution in [0.5, 0.6) is 0 Å². The van der Waals surface area contributed by atoms with Gasteiger partial charge >= 0.3 is 0 Å². The minimum absolute atomic E-state index is 0.602. The van der Waals surface area contributed by atoms with E-state index in [0.717, 1.165) is 18.4 Å². The first kappa shape index (κ1) is 14.1. The Morgan fingerprint density at radius 2 is 2.00 bits per heavy atom. The van der Waals surface area contributed by atoms with Crippen molar-refractivity contribution < 1.29 is 0 Å². The molecular weight excluding hydrogens is 314 g/mol. The number of halogens is 1. The Kier molecular flexibility index (Phi) is 4.13. The van der Waals surface area contributed by atoms with Crippen LogP contribution in [0, 0.1) is 0 Å². The first-order chi connectivity index (χ1) is 9.74. The van der Waals surface area contributed by atoms with E-state index in [1.165, 1.54) is 47.0 Å². The highest BCUT2D eigenvalue weighted by atomic mass is 79.9. The molecule has 2 aromatic rings. The van der Waals surface area contributed by atoms with Crippen molar-refractivity contribution in [2.75, 3.05) is 13.1 Å². The fraction of sp³-hybridized carbons (Fsp3) is 0.562. The summed E-state index contributed by atoms with van der Waals surface area (Å²) in [6.45, 7) is 6.92. The quantitative estimate of drug-likeness (QED) is 0.898. The molecule has 108 valence electrons. The van der Waals surface area contributed by atoms with Crippen LogP contribution in [0.3, 0.4) is 0 Å². The fourth-order valence-electron chi connectivity index (χ4n) is 3.42. The van der Waals surface area contributed by atoms with Crippen molar-refractivity contribution in [1.82, 2.24) is 15.1 Å². The summed E-state index contributed by atoms with van der Waals surface area (Å²) >= 11 is 3.72. The van der Waals surface area contributed by atoms with Crippen molar-refractivity contribution in [1.29, 1.82) is 0 Å². The standard InChI is InChI=1S/C16H22BrN3/c1-3-7-20(8-4-2)11-9-12-13(17)5-6-14-16(12)15(10-11)19-18-14/h5-6,11H,3-4,7-10H2,1-2H3,(H,18,19). The fourth-order valence-corrected chi connectivity index (χ4v) is 3.92. The second-order valence-corrected chi connectivity index (χ2v) is 6.57. The number of aromatic amines is 1. The molecule has 1 unspecified atom stereocenters. The average Bonchev–Trinajstić information content (AvgIpc) is 2.86. The van der Waals surface area contributed by atoms with Crippen LogP contribution in [0.15, 0.2) is 16.6 Å². The molecule has 1 aliphatic rings. The number of rotatable bonds is 5. The highest BCUT2D eigenvalue weighted by molar-refractivity contribution is 9.10. The molecule has 0 bridgehead atoms. The van der Waals surface area contributed by atoms with Gasteiger partial charge in [-0.1, -0.05) is 29.8 Å². The molecule has 1 aromatic heterocycles. The van der Waals surface area contributed by atoms with E-state index in [9.17, 15) is 0 Å². The number of H-pyrrole nitrogens is 1. The molecular formula is C16H22BrN3.